The Morgan fingerprint density at radius 3 is 2.32 bits per heavy atom. The van der Waals surface area contributed by atoms with Crippen LogP contribution in [0.25, 0.3) is 0 Å². The molecule has 2 amide bonds. The van der Waals surface area contributed by atoms with Crippen LogP contribution in [0.5, 0.6) is 0 Å². The highest BCUT2D eigenvalue weighted by atomic mass is 16.3. The Kier molecular flexibility index (Phi) is 7.73. The molecule has 1 aromatic carbocycles. The van der Waals surface area contributed by atoms with Crippen LogP contribution >= 0.6 is 0 Å². The van der Waals surface area contributed by atoms with Crippen LogP contribution in [0.1, 0.15) is 49.7 Å². The van der Waals surface area contributed by atoms with Crippen molar-refractivity contribution in [1.29, 1.82) is 0 Å². The van der Waals surface area contributed by atoms with E-state index in [2.05, 4.69) is 15.5 Å². The van der Waals surface area contributed by atoms with Crippen molar-refractivity contribution in [2.45, 2.75) is 70.1 Å². The first-order chi connectivity index (χ1) is 14.7. The van der Waals surface area contributed by atoms with Crippen molar-refractivity contribution < 1.29 is 14.7 Å². The number of nitrogens with one attached hydrogen (secondary N) is 2. The van der Waals surface area contributed by atoms with Crippen LogP contribution in [0.4, 0.5) is 5.69 Å². The van der Waals surface area contributed by atoms with Crippen LogP contribution in [0.3, 0.4) is 0 Å². The third-order valence-corrected chi connectivity index (χ3v) is 7.12. The molecule has 0 bridgehead atoms. The average Bonchev–Trinajstić information content (AvgIpc) is 2.73. The number of nitrogens with zero attached hydrogens (tertiary/aromatic N) is 2. The fourth-order valence-electron chi connectivity index (χ4n) is 4.94. The summed E-state index contributed by atoms with van der Waals surface area (Å²) in [5, 5.41) is 16.3. The van der Waals surface area contributed by atoms with Crippen molar-refractivity contribution >= 4 is 17.5 Å². The SMILES string of the molecule is Cc1cccc(C)c1NC(=O)C1(N(C)C)CCN(CC(=O)NC2CCCCC2O)CC1. The summed E-state index contributed by atoms with van der Waals surface area (Å²) in [6, 6.07) is 5.89. The number of aliphatic hydroxyl groups excluding tert-OH is 1. The number of hydrogen-bond donors (Lipinski definition) is 3. The minimum atomic E-state index is -0.596. The minimum absolute atomic E-state index is 0.0179. The number of piperidine rings is 1. The Morgan fingerprint density at radius 1 is 1.13 bits per heavy atom. The third-order valence-electron chi connectivity index (χ3n) is 7.12. The van der Waals surface area contributed by atoms with Gasteiger partial charge in [0.15, 0.2) is 0 Å². The average molecular weight is 431 g/mol. The van der Waals surface area contributed by atoms with Gasteiger partial charge < -0.3 is 15.7 Å². The second-order valence-electron chi connectivity index (χ2n) is 9.45. The van der Waals surface area contributed by atoms with E-state index in [0.717, 1.165) is 42.5 Å². The summed E-state index contributed by atoms with van der Waals surface area (Å²) in [6.45, 7) is 5.69. The monoisotopic (exact) mass is 430 g/mol. The van der Waals surface area contributed by atoms with Gasteiger partial charge in [0.1, 0.15) is 5.54 Å². The lowest BCUT2D eigenvalue weighted by Crippen LogP contribution is -2.60. The molecule has 1 aliphatic carbocycles. The number of anilines is 1. The molecule has 1 saturated carbocycles. The number of aryl methyl sites for hydroxylation is 2. The summed E-state index contributed by atoms with van der Waals surface area (Å²) >= 11 is 0. The molecular formula is C24H38N4O3. The Labute approximate surface area is 186 Å². The van der Waals surface area contributed by atoms with Crippen LogP contribution in [0.15, 0.2) is 18.2 Å². The maximum absolute atomic E-state index is 13.4. The molecule has 1 aliphatic heterocycles. The maximum atomic E-state index is 13.4. The van der Waals surface area contributed by atoms with E-state index in [1.54, 1.807) is 0 Å². The van der Waals surface area contributed by atoms with Gasteiger partial charge in [-0.05, 0) is 64.8 Å². The first-order valence-corrected chi connectivity index (χ1v) is 11.5. The van der Waals surface area contributed by atoms with Crippen LogP contribution in [0.2, 0.25) is 0 Å². The summed E-state index contributed by atoms with van der Waals surface area (Å²) in [7, 11) is 3.91. The predicted molar refractivity (Wildman–Crippen MR) is 123 cm³/mol. The van der Waals surface area contributed by atoms with Gasteiger partial charge in [0.05, 0.1) is 18.7 Å². The number of hydrogen-bond acceptors (Lipinski definition) is 5. The summed E-state index contributed by atoms with van der Waals surface area (Å²) in [6.07, 6.45) is 4.56. The lowest BCUT2D eigenvalue weighted by molar-refractivity contribution is -0.130. The van der Waals surface area contributed by atoms with Gasteiger partial charge >= 0.3 is 0 Å². The van der Waals surface area contributed by atoms with Crippen molar-refractivity contribution in [3.8, 4) is 0 Å². The molecule has 0 radical (unpaired) electrons. The number of benzene rings is 1. The number of likely N-dealkylation sites (N-methyl/N-ethyl adjacent to an activating group) is 1. The molecule has 2 atom stereocenters. The zero-order valence-corrected chi connectivity index (χ0v) is 19.4. The number of aliphatic hydroxyl groups is 1. The van der Waals surface area contributed by atoms with Crippen molar-refractivity contribution in [3.63, 3.8) is 0 Å². The zero-order chi connectivity index (χ0) is 22.6. The van der Waals surface area contributed by atoms with Crippen LogP contribution in [0, 0.1) is 13.8 Å². The van der Waals surface area contributed by atoms with Crippen molar-refractivity contribution in [2.75, 3.05) is 39.0 Å². The number of carbonyl (C=O) groups excluding carboxylic acids is 2. The fraction of sp³-hybridized carbons (Fsp3) is 0.667. The maximum Gasteiger partial charge on any atom is 0.244 e. The number of para-hydroxylation sites is 1. The molecule has 1 saturated heterocycles. The van der Waals surface area contributed by atoms with Gasteiger partial charge in [0.25, 0.3) is 0 Å². The molecule has 31 heavy (non-hydrogen) atoms. The van der Waals surface area contributed by atoms with Gasteiger partial charge in [-0.15, -0.1) is 0 Å². The van der Waals surface area contributed by atoms with E-state index < -0.39 is 11.6 Å². The molecule has 0 spiro atoms. The molecule has 1 aromatic rings. The molecule has 7 nitrogen and oxygen atoms in total. The molecule has 2 aliphatic rings. The lowest BCUT2D eigenvalue weighted by atomic mass is 9.85. The third kappa shape index (κ3) is 5.45. The van der Waals surface area contributed by atoms with E-state index in [1.807, 2.05) is 51.0 Å². The van der Waals surface area contributed by atoms with Crippen molar-refractivity contribution in [1.82, 2.24) is 15.1 Å². The second kappa shape index (κ2) is 10.1. The van der Waals surface area contributed by atoms with E-state index in [0.29, 0.717) is 32.5 Å². The van der Waals surface area contributed by atoms with E-state index >= 15 is 0 Å². The molecule has 7 heteroatoms. The molecule has 3 rings (SSSR count). The molecule has 0 aromatic heterocycles. The summed E-state index contributed by atoms with van der Waals surface area (Å²) in [5.41, 5.74) is 2.41. The van der Waals surface area contributed by atoms with E-state index in [4.69, 9.17) is 0 Å². The first-order valence-electron chi connectivity index (χ1n) is 11.5. The molecule has 1 heterocycles. The lowest BCUT2D eigenvalue weighted by Gasteiger charge is -2.44. The molecule has 172 valence electrons. The summed E-state index contributed by atoms with van der Waals surface area (Å²) in [4.78, 5) is 30.0. The quantitative estimate of drug-likeness (QED) is 0.643. The Morgan fingerprint density at radius 2 is 1.74 bits per heavy atom. The highest BCUT2D eigenvalue weighted by Gasteiger charge is 2.43. The van der Waals surface area contributed by atoms with E-state index in [-0.39, 0.29) is 17.9 Å². The van der Waals surface area contributed by atoms with Crippen LogP contribution < -0.4 is 10.6 Å². The van der Waals surface area contributed by atoms with Gasteiger partial charge in [0, 0.05) is 18.8 Å². The van der Waals surface area contributed by atoms with Crippen molar-refractivity contribution in [3.05, 3.63) is 29.3 Å². The highest BCUT2D eigenvalue weighted by molar-refractivity contribution is 5.99. The second-order valence-corrected chi connectivity index (χ2v) is 9.45. The number of carbonyl (C=O) groups is 2. The standard InChI is InChI=1S/C24H38N4O3/c1-17-8-7-9-18(2)22(17)26-23(31)24(27(3)4)12-14-28(15-13-24)16-21(30)25-19-10-5-6-11-20(19)29/h7-9,19-20,29H,5-6,10-16H2,1-4H3,(H,25,30)(H,26,31). The number of likely N-dealkylation sites (tertiary alicyclic amines) is 1. The van der Waals surface area contributed by atoms with Crippen LogP contribution in [-0.2, 0) is 9.59 Å². The van der Waals surface area contributed by atoms with E-state index in [9.17, 15) is 14.7 Å². The Hall–Kier alpha value is -1.96. The largest absolute Gasteiger partial charge is 0.391 e. The predicted octanol–water partition coefficient (Wildman–Crippen LogP) is 2.06. The van der Waals surface area contributed by atoms with Crippen LogP contribution in [-0.4, -0.2) is 78.1 Å². The van der Waals surface area contributed by atoms with Gasteiger partial charge in [-0.25, -0.2) is 0 Å². The van der Waals surface area contributed by atoms with Gasteiger partial charge in [-0.2, -0.15) is 0 Å². The minimum Gasteiger partial charge on any atom is -0.391 e. The highest BCUT2D eigenvalue weighted by Crippen LogP contribution is 2.30. The Balaban J connectivity index is 1.58. The zero-order valence-electron chi connectivity index (χ0n) is 19.4. The first kappa shape index (κ1) is 23.7. The van der Waals surface area contributed by atoms with Gasteiger partial charge in [0.2, 0.25) is 11.8 Å². The van der Waals surface area contributed by atoms with Crippen molar-refractivity contribution in [2.24, 2.45) is 0 Å². The van der Waals surface area contributed by atoms with Gasteiger partial charge in [-0.3, -0.25) is 19.4 Å². The topological polar surface area (TPSA) is 84.9 Å². The fourth-order valence-corrected chi connectivity index (χ4v) is 4.94. The summed E-state index contributed by atoms with van der Waals surface area (Å²) in [5.74, 6) is -0.0207. The Bertz CT molecular complexity index is 767. The summed E-state index contributed by atoms with van der Waals surface area (Å²) < 4.78 is 0. The number of rotatable bonds is 6. The van der Waals surface area contributed by atoms with E-state index in [1.165, 1.54) is 0 Å². The smallest absolute Gasteiger partial charge is 0.244 e. The molecular weight excluding hydrogens is 392 g/mol. The molecule has 3 N–H and O–H groups in total. The normalized spacial score (nSPS) is 24.1. The molecule has 2 fully saturated rings. The number of amides is 2. The van der Waals surface area contributed by atoms with Gasteiger partial charge in [-0.1, -0.05) is 31.0 Å². The molecule has 2 unspecified atom stereocenters.